The number of carbonyl (C=O) groups excluding carboxylic acids is 1. The first-order chi connectivity index (χ1) is 7.15. The fraction of sp³-hybridized carbons (Fsp3) is 0.818. The van der Waals surface area contributed by atoms with E-state index in [0.717, 1.165) is 0 Å². The number of nitrogens with one attached hydrogen (secondary N) is 1. The third-order valence-corrected chi connectivity index (χ3v) is 1.79. The Morgan fingerprint density at radius 2 is 1.75 bits per heavy atom. The predicted molar refractivity (Wildman–Crippen MR) is 62.2 cm³/mol. The number of aliphatic carboxylic acids is 1. The van der Waals surface area contributed by atoms with Crippen molar-refractivity contribution in [2.24, 2.45) is 5.92 Å². The second-order valence-electron chi connectivity index (χ2n) is 4.66. The summed E-state index contributed by atoms with van der Waals surface area (Å²) >= 11 is 0. The van der Waals surface area contributed by atoms with E-state index in [1.54, 1.807) is 21.0 Å². The second-order valence-corrected chi connectivity index (χ2v) is 4.66. The smallest absolute Gasteiger partial charge is 0.326 e. The summed E-state index contributed by atoms with van der Waals surface area (Å²) in [5.74, 6) is -1.08. The summed E-state index contributed by atoms with van der Waals surface area (Å²) in [6.07, 6.45) is 0.402. The van der Waals surface area contributed by atoms with Crippen molar-refractivity contribution in [3.05, 3.63) is 0 Å². The molecule has 0 aromatic rings. The lowest BCUT2D eigenvalue weighted by atomic mass is 10.1. The molecule has 1 atom stereocenters. The van der Waals surface area contributed by atoms with Crippen molar-refractivity contribution in [3.8, 4) is 0 Å². The number of carbonyl (C=O) groups is 2. The average molecular weight is 233 g/mol. The first-order valence-electron chi connectivity index (χ1n) is 5.13. The van der Waals surface area contributed by atoms with Crippen LogP contribution >= 0.6 is 0 Å². The molecule has 0 radical (unpaired) electrons. The highest BCUT2D eigenvalue weighted by Crippen LogP contribution is 2.02. The van der Waals surface area contributed by atoms with Crippen LogP contribution in [0.25, 0.3) is 0 Å². The standard InChI is InChI=1S/C6H11NO3.C5H12O/c1-4(2)5(6(9)10)7-3-8;1-5(2,3)6-4/h3-5H,1-2H3,(H,7,8)(H,9,10);1-4H3. The van der Waals surface area contributed by atoms with Crippen LogP contribution in [0.4, 0.5) is 0 Å². The molecule has 0 saturated carbocycles. The van der Waals surface area contributed by atoms with Gasteiger partial charge in [0.1, 0.15) is 6.04 Å². The maximum Gasteiger partial charge on any atom is 0.326 e. The molecular weight excluding hydrogens is 210 g/mol. The monoisotopic (exact) mass is 233 g/mol. The zero-order chi connectivity index (χ0) is 13.4. The number of amides is 1. The van der Waals surface area contributed by atoms with Gasteiger partial charge in [0.15, 0.2) is 0 Å². The molecule has 0 fully saturated rings. The second kappa shape index (κ2) is 8.10. The van der Waals surface area contributed by atoms with E-state index in [9.17, 15) is 9.59 Å². The maximum atomic E-state index is 10.3. The van der Waals surface area contributed by atoms with Crippen molar-refractivity contribution < 1.29 is 19.4 Å². The van der Waals surface area contributed by atoms with Crippen LogP contribution in [-0.2, 0) is 14.3 Å². The van der Waals surface area contributed by atoms with Crippen LogP contribution in [0.3, 0.4) is 0 Å². The lowest BCUT2D eigenvalue weighted by Crippen LogP contribution is -2.39. The fourth-order valence-electron chi connectivity index (χ4n) is 0.622. The lowest BCUT2D eigenvalue weighted by molar-refractivity contribution is -0.141. The number of hydrogen-bond donors (Lipinski definition) is 2. The summed E-state index contributed by atoms with van der Waals surface area (Å²) in [5, 5.41) is 10.7. The molecule has 1 amide bonds. The number of ether oxygens (including phenoxy) is 1. The van der Waals surface area contributed by atoms with Crippen LogP contribution in [0, 0.1) is 5.92 Å². The van der Waals surface area contributed by atoms with Gasteiger partial charge in [0, 0.05) is 7.11 Å². The van der Waals surface area contributed by atoms with Crippen molar-refractivity contribution in [2.75, 3.05) is 7.11 Å². The Hall–Kier alpha value is -1.10. The Balaban J connectivity index is 0. The van der Waals surface area contributed by atoms with Gasteiger partial charge < -0.3 is 15.2 Å². The zero-order valence-electron chi connectivity index (χ0n) is 10.9. The van der Waals surface area contributed by atoms with Gasteiger partial charge in [0.25, 0.3) is 0 Å². The average Bonchev–Trinajstić information content (AvgIpc) is 2.13. The minimum atomic E-state index is -0.998. The van der Waals surface area contributed by atoms with Gasteiger partial charge in [-0.1, -0.05) is 13.8 Å². The molecule has 0 aromatic heterocycles. The van der Waals surface area contributed by atoms with Crippen molar-refractivity contribution >= 4 is 12.4 Å². The number of methoxy groups -OCH3 is 1. The van der Waals surface area contributed by atoms with E-state index in [-0.39, 0.29) is 11.5 Å². The first kappa shape index (κ1) is 17.3. The third-order valence-electron chi connectivity index (χ3n) is 1.79. The molecule has 2 N–H and O–H groups in total. The molecule has 5 nitrogen and oxygen atoms in total. The maximum absolute atomic E-state index is 10.3. The van der Waals surface area contributed by atoms with Gasteiger partial charge in [-0.3, -0.25) is 4.79 Å². The highest BCUT2D eigenvalue weighted by molar-refractivity contribution is 5.76. The SMILES string of the molecule is CC(C)C(NC=O)C(=O)O.COC(C)(C)C. The largest absolute Gasteiger partial charge is 0.480 e. The van der Waals surface area contributed by atoms with Crippen LogP contribution in [0.15, 0.2) is 0 Å². The molecule has 96 valence electrons. The summed E-state index contributed by atoms with van der Waals surface area (Å²) in [6, 6.07) is -0.766. The molecule has 0 spiro atoms. The molecule has 0 heterocycles. The Kier molecular flexibility index (Phi) is 8.76. The Bertz CT molecular complexity index is 209. The molecule has 0 aliphatic heterocycles. The van der Waals surface area contributed by atoms with Gasteiger partial charge >= 0.3 is 5.97 Å². The van der Waals surface area contributed by atoms with E-state index in [2.05, 4.69) is 5.32 Å². The number of rotatable bonds is 4. The number of hydrogen-bond acceptors (Lipinski definition) is 3. The molecule has 0 bridgehead atoms. The van der Waals surface area contributed by atoms with Gasteiger partial charge in [0.2, 0.25) is 6.41 Å². The Morgan fingerprint density at radius 1 is 1.38 bits per heavy atom. The first-order valence-corrected chi connectivity index (χ1v) is 5.13. The zero-order valence-corrected chi connectivity index (χ0v) is 10.9. The Labute approximate surface area is 97.2 Å². The summed E-state index contributed by atoms with van der Waals surface area (Å²) in [5.41, 5.74) is 0.0417. The van der Waals surface area contributed by atoms with E-state index in [1.807, 2.05) is 20.8 Å². The van der Waals surface area contributed by atoms with E-state index in [4.69, 9.17) is 9.84 Å². The minimum absolute atomic E-state index is 0.0417. The van der Waals surface area contributed by atoms with Crippen LogP contribution in [0.1, 0.15) is 34.6 Å². The molecule has 16 heavy (non-hydrogen) atoms. The molecular formula is C11H23NO4. The molecule has 0 rings (SSSR count). The van der Waals surface area contributed by atoms with Gasteiger partial charge in [-0.05, 0) is 26.7 Å². The van der Waals surface area contributed by atoms with Crippen LogP contribution < -0.4 is 5.32 Å². The highest BCUT2D eigenvalue weighted by atomic mass is 16.5. The van der Waals surface area contributed by atoms with E-state index >= 15 is 0 Å². The summed E-state index contributed by atoms with van der Waals surface area (Å²) in [6.45, 7) is 9.53. The van der Waals surface area contributed by atoms with E-state index in [0.29, 0.717) is 6.41 Å². The predicted octanol–water partition coefficient (Wildman–Crippen LogP) is 1.27. The number of carboxylic acid groups (broad SMARTS) is 1. The van der Waals surface area contributed by atoms with Gasteiger partial charge in [0.05, 0.1) is 5.60 Å². The van der Waals surface area contributed by atoms with Gasteiger partial charge in [-0.15, -0.1) is 0 Å². The van der Waals surface area contributed by atoms with E-state index in [1.165, 1.54) is 0 Å². The lowest BCUT2D eigenvalue weighted by Gasteiger charge is -2.14. The van der Waals surface area contributed by atoms with Crippen LogP contribution in [0.5, 0.6) is 0 Å². The molecule has 0 aromatic carbocycles. The summed E-state index contributed by atoms with van der Waals surface area (Å²) in [4.78, 5) is 20.2. The quantitative estimate of drug-likeness (QED) is 0.717. The van der Waals surface area contributed by atoms with Crippen LogP contribution in [0.2, 0.25) is 0 Å². The number of carboxylic acids is 1. The summed E-state index contributed by atoms with van der Waals surface area (Å²) in [7, 11) is 1.71. The molecule has 0 aliphatic rings. The van der Waals surface area contributed by atoms with Crippen molar-refractivity contribution in [1.29, 1.82) is 0 Å². The molecule has 0 aliphatic carbocycles. The fourth-order valence-corrected chi connectivity index (χ4v) is 0.622. The summed E-state index contributed by atoms with van der Waals surface area (Å²) < 4.78 is 4.94. The molecule has 5 heteroatoms. The van der Waals surface area contributed by atoms with Crippen LogP contribution in [-0.4, -0.2) is 36.2 Å². The topological polar surface area (TPSA) is 75.6 Å². The molecule has 1 unspecified atom stereocenters. The Morgan fingerprint density at radius 3 is 1.81 bits per heavy atom. The van der Waals surface area contributed by atoms with Gasteiger partial charge in [-0.25, -0.2) is 4.79 Å². The van der Waals surface area contributed by atoms with Crippen molar-refractivity contribution in [2.45, 2.75) is 46.3 Å². The van der Waals surface area contributed by atoms with E-state index < -0.39 is 12.0 Å². The highest BCUT2D eigenvalue weighted by Gasteiger charge is 2.19. The van der Waals surface area contributed by atoms with Crippen molar-refractivity contribution in [1.82, 2.24) is 5.32 Å². The van der Waals surface area contributed by atoms with Crippen molar-refractivity contribution in [3.63, 3.8) is 0 Å². The third kappa shape index (κ3) is 11.0. The molecule has 0 saturated heterocycles. The normalized spacial score (nSPS) is 12.4. The minimum Gasteiger partial charge on any atom is -0.480 e. The van der Waals surface area contributed by atoms with Gasteiger partial charge in [-0.2, -0.15) is 0 Å².